The Morgan fingerprint density at radius 1 is 1.03 bits per heavy atom. The van der Waals surface area contributed by atoms with Gasteiger partial charge in [-0.25, -0.2) is 0 Å². The molecule has 2 aliphatic rings. The number of halogens is 1. The first-order chi connectivity index (χ1) is 15.1. The predicted molar refractivity (Wildman–Crippen MR) is 119 cm³/mol. The van der Waals surface area contributed by atoms with Gasteiger partial charge in [0, 0.05) is 30.5 Å². The highest BCUT2D eigenvalue weighted by Crippen LogP contribution is 2.33. The van der Waals surface area contributed by atoms with Gasteiger partial charge in [0.1, 0.15) is 0 Å². The first-order valence-corrected chi connectivity index (χ1v) is 11.2. The van der Waals surface area contributed by atoms with Crippen molar-refractivity contribution in [3.63, 3.8) is 0 Å². The number of allylic oxidation sites excluding steroid dienone is 1. The molecule has 1 saturated heterocycles. The molecule has 4 rings (SSSR count). The first-order valence-electron chi connectivity index (χ1n) is 10.9. The molecule has 2 aromatic rings. The van der Waals surface area contributed by atoms with Gasteiger partial charge in [-0.2, -0.15) is 0 Å². The lowest BCUT2D eigenvalue weighted by atomic mass is 9.92. The fourth-order valence-corrected chi connectivity index (χ4v) is 4.16. The van der Waals surface area contributed by atoms with E-state index in [0.29, 0.717) is 23.8 Å². The van der Waals surface area contributed by atoms with Crippen LogP contribution in [-0.4, -0.2) is 35.3 Å². The van der Waals surface area contributed by atoms with E-state index in [9.17, 15) is 9.90 Å². The van der Waals surface area contributed by atoms with Gasteiger partial charge in [-0.3, -0.25) is 4.79 Å². The summed E-state index contributed by atoms with van der Waals surface area (Å²) < 4.78 is 12.1. The number of benzene rings is 2. The first kappa shape index (κ1) is 21.9. The predicted octanol–water partition coefficient (Wildman–Crippen LogP) is 4.78. The van der Waals surface area contributed by atoms with E-state index in [1.165, 1.54) is 0 Å². The number of hydrogen-bond acceptors (Lipinski definition) is 4. The standard InChI is InChI=1S/C25H28ClNO4/c26-22-10-8-20(9-11-22)21-14-23(25(29)27-12-2-1-3-13-27)31-24(15-21)30-17-19-6-4-18(16-28)5-7-19/h4-11,14,21,24,28H,1-3,12-13,15-17H2/t21-,24+/m1/s1. The lowest BCUT2D eigenvalue weighted by molar-refractivity contribution is -0.156. The van der Waals surface area contributed by atoms with Crippen molar-refractivity contribution in [1.29, 1.82) is 0 Å². The Balaban J connectivity index is 1.49. The van der Waals surface area contributed by atoms with Gasteiger partial charge in [0.15, 0.2) is 5.76 Å². The second-order valence-corrected chi connectivity index (χ2v) is 8.55. The Bertz CT molecular complexity index is 904. The number of carbonyl (C=O) groups is 1. The van der Waals surface area contributed by atoms with Gasteiger partial charge in [0.25, 0.3) is 5.91 Å². The lowest BCUT2D eigenvalue weighted by Crippen LogP contribution is -2.39. The number of likely N-dealkylation sites (tertiary alicyclic amines) is 1. The van der Waals surface area contributed by atoms with E-state index in [1.807, 2.05) is 59.5 Å². The zero-order valence-corrected chi connectivity index (χ0v) is 18.3. The van der Waals surface area contributed by atoms with E-state index >= 15 is 0 Å². The molecule has 0 unspecified atom stereocenters. The number of piperidine rings is 1. The summed E-state index contributed by atoms with van der Waals surface area (Å²) >= 11 is 6.06. The maximum absolute atomic E-state index is 13.1. The summed E-state index contributed by atoms with van der Waals surface area (Å²) in [5.41, 5.74) is 2.93. The fraction of sp³-hybridized carbons (Fsp3) is 0.400. The summed E-state index contributed by atoms with van der Waals surface area (Å²) in [6.07, 6.45) is 5.25. The Kier molecular flexibility index (Phi) is 7.28. The highest BCUT2D eigenvalue weighted by Gasteiger charge is 2.31. The number of carbonyl (C=O) groups excluding carboxylic acids is 1. The summed E-state index contributed by atoms with van der Waals surface area (Å²) in [4.78, 5) is 15.0. The molecule has 1 amide bonds. The minimum Gasteiger partial charge on any atom is -0.459 e. The van der Waals surface area contributed by atoms with Crippen LogP contribution in [0.3, 0.4) is 0 Å². The molecule has 2 aromatic carbocycles. The Hall–Kier alpha value is -2.34. The van der Waals surface area contributed by atoms with Crippen molar-refractivity contribution in [1.82, 2.24) is 4.90 Å². The zero-order valence-electron chi connectivity index (χ0n) is 17.5. The molecule has 0 saturated carbocycles. The summed E-state index contributed by atoms with van der Waals surface area (Å²) in [7, 11) is 0. The van der Waals surface area contributed by atoms with Crippen LogP contribution in [0, 0.1) is 0 Å². The molecule has 164 valence electrons. The second-order valence-electron chi connectivity index (χ2n) is 8.11. The number of hydrogen-bond donors (Lipinski definition) is 1. The van der Waals surface area contributed by atoms with E-state index in [-0.39, 0.29) is 18.4 Å². The third-order valence-electron chi connectivity index (χ3n) is 5.85. The SMILES string of the molecule is O=C(C1=C[C@@H](c2ccc(Cl)cc2)C[C@@H](OCc2ccc(CO)cc2)O1)N1CCCCC1. The van der Waals surface area contributed by atoms with Crippen molar-refractivity contribution < 1.29 is 19.4 Å². The summed E-state index contributed by atoms with van der Waals surface area (Å²) in [5.74, 6) is 0.324. The number of aliphatic hydroxyl groups excluding tert-OH is 1. The van der Waals surface area contributed by atoms with E-state index in [4.69, 9.17) is 21.1 Å². The molecular formula is C25H28ClNO4. The molecular weight excluding hydrogens is 414 g/mol. The topological polar surface area (TPSA) is 59.0 Å². The molecule has 0 radical (unpaired) electrons. The van der Waals surface area contributed by atoms with Crippen molar-refractivity contribution in [3.05, 3.63) is 82.1 Å². The van der Waals surface area contributed by atoms with E-state index in [1.54, 1.807) is 0 Å². The van der Waals surface area contributed by atoms with Gasteiger partial charge in [0.2, 0.25) is 6.29 Å². The van der Waals surface area contributed by atoms with E-state index in [2.05, 4.69) is 0 Å². The number of nitrogens with zero attached hydrogens (tertiary/aromatic N) is 1. The molecule has 2 atom stereocenters. The molecule has 2 heterocycles. The zero-order chi connectivity index (χ0) is 21.6. The minimum atomic E-state index is -0.521. The highest BCUT2D eigenvalue weighted by molar-refractivity contribution is 6.30. The number of amides is 1. The van der Waals surface area contributed by atoms with Crippen molar-refractivity contribution in [2.45, 2.75) is 51.1 Å². The van der Waals surface area contributed by atoms with Crippen molar-refractivity contribution >= 4 is 17.5 Å². The van der Waals surface area contributed by atoms with Crippen LogP contribution in [0.15, 0.2) is 60.4 Å². The molecule has 0 aromatic heterocycles. The molecule has 0 aliphatic carbocycles. The van der Waals surface area contributed by atoms with Crippen molar-refractivity contribution in [2.24, 2.45) is 0 Å². The lowest BCUT2D eigenvalue weighted by Gasteiger charge is -2.33. The third kappa shape index (κ3) is 5.67. The maximum Gasteiger partial charge on any atom is 0.288 e. The van der Waals surface area contributed by atoms with Gasteiger partial charge in [-0.05, 0) is 54.2 Å². The van der Waals surface area contributed by atoms with Crippen LogP contribution in [0.25, 0.3) is 0 Å². The molecule has 5 nitrogen and oxygen atoms in total. The summed E-state index contributed by atoms with van der Waals surface area (Å²) in [6.45, 7) is 1.93. The van der Waals surface area contributed by atoms with E-state index in [0.717, 1.165) is 49.0 Å². The van der Waals surface area contributed by atoms with E-state index < -0.39 is 6.29 Å². The summed E-state index contributed by atoms with van der Waals surface area (Å²) in [5, 5.41) is 9.89. The van der Waals surface area contributed by atoms with Crippen LogP contribution in [0.4, 0.5) is 0 Å². The monoisotopic (exact) mass is 441 g/mol. The van der Waals surface area contributed by atoms with Crippen LogP contribution < -0.4 is 0 Å². The Morgan fingerprint density at radius 2 is 1.71 bits per heavy atom. The summed E-state index contributed by atoms with van der Waals surface area (Å²) in [6, 6.07) is 15.3. The van der Waals surface area contributed by atoms with Gasteiger partial charge in [0.05, 0.1) is 13.2 Å². The van der Waals surface area contributed by atoms with Crippen LogP contribution in [0.1, 0.15) is 48.3 Å². The quantitative estimate of drug-likeness (QED) is 0.701. The third-order valence-corrected chi connectivity index (χ3v) is 6.10. The number of rotatable bonds is 6. The van der Waals surface area contributed by atoms with Gasteiger partial charge < -0.3 is 19.5 Å². The van der Waals surface area contributed by atoms with Crippen LogP contribution in [0.2, 0.25) is 5.02 Å². The molecule has 1 fully saturated rings. The normalized spacial score (nSPS) is 21.4. The molecule has 1 N–H and O–H groups in total. The largest absolute Gasteiger partial charge is 0.459 e. The Morgan fingerprint density at radius 3 is 2.39 bits per heavy atom. The number of ether oxygens (including phenoxy) is 2. The Labute approximate surface area is 188 Å². The average molecular weight is 442 g/mol. The second kappa shape index (κ2) is 10.3. The smallest absolute Gasteiger partial charge is 0.288 e. The highest BCUT2D eigenvalue weighted by atomic mass is 35.5. The van der Waals surface area contributed by atoms with Crippen LogP contribution in [0.5, 0.6) is 0 Å². The average Bonchev–Trinajstić information content (AvgIpc) is 2.83. The number of aliphatic hydroxyl groups is 1. The van der Waals surface area contributed by atoms with Crippen LogP contribution in [-0.2, 0) is 27.5 Å². The molecule has 0 spiro atoms. The molecule has 0 bridgehead atoms. The maximum atomic E-state index is 13.1. The molecule has 6 heteroatoms. The molecule has 2 aliphatic heterocycles. The molecule has 31 heavy (non-hydrogen) atoms. The van der Waals surface area contributed by atoms with Gasteiger partial charge in [-0.1, -0.05) is 48.0 Å². The fourth-order valence-electron chi connectivity index (χ4n) is 4.04. The van der Waals surface area contributed by atoms with Crippen LogP contribution >= 0.6 is 11.6 Å². The van der Waals surface area contributed by atoms with Gasteiger partial charge in [-0.15, -0.1) is 0 Å². The van der Waals surface area contributed by atoms with Crippen molar-refractivity contribution in [2.75, 3.05) is 13.1 Å². The van der Waals surface area contributed by atoms with Crippen molar-refractivity contribution in [3.8, 4) is 0 Å². The minimum absolute atomic E-state index is 0.0107. The van der Waals surface area contributed by atoms with Gasteiger partial charge >= 0.3 is 0 Å².